The molecule has 2 aromatic rings. The molecular weight excluding hydrogens is 328 g/mol. The molecule has 3 rings (SSSR count). The highest BCUT2D eigenvalue weighted by Crippen LogP contribution is 2.25. The van der Waals surface area contributed by atoms with Crippen molar-refractivity contribution >= 4 is 17.5 Å². The normalized spacial score (nSPS) is 17.0. The van der Waals surface area contributed by atoms with E-state index in [0.29, 0.717) is 30.5 Å². The summed E-state index contributed by atoms with van der Waals surface area (Å²) in [5.74, 6) is 0.587. The first-order valence-electron chi connectivity index (χ1n) is 7.88. The molecule has 0 radical (unpaired) electrons. The van der Waals surface area contributed by atoms with Crippen molar-refractivity contribution in [3.05, 3.63) is 59.4 Å². The Morgan fingerprint density at radius 1 is 1.29 bits per heavy atom. The molecule has 0 aliphatic carbocycles. The molecule has 1 saturated heterocycles. The second-order valence-electron chi connectivity index (χ2n) is 5.65. The molecule has 0 unspecified atom stereocenters. The summed E-state index contributed by atoms with van der Waals surface area (Å²) in [5.41, 5.74) is 1.06. The van der Waals surface area contributed by atoms with E-state index >= 15 is 0 Å². The van der Waals surface area contributed by atoms with Gasteiger partial charge in [0.25, 0.3) is 0 Å². The van der Waals surface area contributed by atoms with E-state index in [4.69, 9.17) is 21.1 Å². The van der Waals surface area contributed by atoms with Crippen molar-refractivity contribution in [2.75, 3.05) is 19.7 Å². The zero-order valence-corrected chi connectivity index (χ0v) is 14.0. The molecule has 126 valence electrons. The Morgan fingerprint density at radius 3 is 2.92 bits per heavy atom. The Balaban J connectivity index is 1.43. The van der Waals surface area contributed by atoms with Gasteiger partial charge in [0.2, 0.25) is 5.91 Å². The third kappa shape index (κ3) is 4.46. The summed E-state index contributed by atoms with van der Waals surface area (Å²) < 4.78 is 11.4. The van der Waals surface area contributed by atoms with Gasteiger partial charge in [0.1, 0.15) is 23.5 Å². The van der Waals surface area contributed by atoms with Crippen molar-refractivity contribution in [1.29, 1.82) is 0 Å². The molecule has 5 nitrogen and oxygen atoms in total. The van der Waals surface area contributed by atoms with Crippen LogP contribution in [0.1, 0.15) is 12.0 Å². The summed E-state index contributed by atoms with van der Waals surface area (Å²) in [4.78, 5) is 17.9. The Bertz CT molecular complexity index is 681. The molecule has 1 fully saturated rings. The number of ether oxygens (including phenoxy) is 2. The second kappa shape index (κ2) is 8.13. The van der Waals surface area contributed by atoms with Gasteiger partial charge in [0, 0.05) is 31.4 Å². The predicted octanol–water partition coefficient (Wildman–Crippen LogP) is 2.93. The molecular formula is C18H19ClN2O3. The van der Waals surface area contributed by atoms with Gasteiger partial charge in [0.15, 0.2) is 0 Å². The Kier molecular flexibility index (Phi) is 5.67. The average Bonchev–Trinajstić information content (AvgIpc) is 3.07. The van der Waals surface area contributed by atoms with Crippen LogP contribution < -0.4 is 4.74 Å². The number of halogens is 1. The fourth-order valence-electron chi connectivity index (χ4n) is 2.61. The van der Waals surface area contributed by atoms with Crippen LogP contribution in [-0.4, -0.2) is 41.6 Å². The maximum Gasteiger partial charge on any atom is 0.248 e. The summed E-state index contributed by atoms with van der Waals surface area (Å²) in [6, 6.07) is 11.5. The van der Waals surface area contributed by atoms with Crippen LogP contribution in [0.15, 0.2) is 48.8 Å². The SMILES string of the molecule is O=C(COCc1ccccc1)N1CC[C@@H](Oc2ccncc2Cl)C1. The maximum atomic E-state index is 12.2. The minimum absolute atomic E-state index is 0.0159. The number of pyridine rings is 1. The number of hydrogen-bond donors (Lipinski definition) is 0. The minimum atomic E-state index is -0.0528. The number of benzene rings is 1. The highest BCUT2D eigenvalue weighted by atomic mass is 35.5. The van der Waals surface area contributed by atoms with E-state index in [1.807, 2.05) is 30.3 Å². The first-order chi connectivity index (χ1) is 11.7. The molecule has 1 aliphatic heterocycles. The van der Waals surface area contributed by atoms with Crippen LogP contribution in [0.3, 0.4) is 0 Å². The topological polar surface area (TPSA) is 51.7 Å². The smallest absolute Gasteiger partial charge is 0.248 e. The fourth-order valence-corrected chi connectivity index (χ4v) is 2.77. The molecule has 1 aromatic heterocycles. The molecule has 6 heteroatoms. The van der Waals surface area contributed by atoms with Crippen molar-refractivity contribution in [1.82, 2.24) is 9.88 Å². The zero-order chi connectivity index (χ0) is 16.8. The van der Waals surface area contributed by atoms with Crippen LogP contribution in [0.4, 0.5) is 0 Å². The van der Waals surface area contributed by atoms with Gasteiger partial charge in [-0.25, -0.2) is 0 Å². The number of carbonyl (C=O) groups excluding carboxylic acids is 1. The number of nitrogens with zero attached hydrogens (tertiary/aromatic N) is 2. The highest BCUT2D eigenvalue weighted by molar-refractivity contribution is 6.31. The second-order valence-corrected chi connectivity index (χ2v) is 6.06. The van der Waals surface area contributed by atoms with Crippen LogP contribution in [-0.2, 0) is 16.1 Å². The molecule has 1 aliphatic rings. The van der Waals surface area contributed by atoms with Gasteiger partial charge in [-0.2, -0.15) is 0 Å². The molecule has 24 heavy (non-hydrogen) atoms. The van der Waals surface area contributed by atoms with E-state index in [1.54, 1.807) is 23.4 Å². The first kappa shape index (κ1) is 16.7. The standard InChI is InChI=1S/C18H19ClN2O3/c19-16-10-20-8-6-17(16)24-15-7-9-21(11-15)18(22)13-23-12-14-4-2-1-3-5-14/h1-6,8,10,15H,7,9,11-13H2/t15-/m1/s1. The molecule has 1 atom stereocenters. The average molecular weight is 347 g/mol. The number of carbonyl (C=O) groups is 1. The molecule has 0 bridgehead atoms. The Hall–Kier alpha value is -2.11. The Morgan fingerprint density at radius 2 is 2.12 bits per heavy atom. The van der Waals surface area contributed by atoms with Gasteiger partial charge < -0.3 is 14.4 Å². The van der Waals surface area contributed by atoms with E-state index < -0.39 is 0 Å². The number of hydrogen-bond acceptors (Lipinski definition) is 4. The largest absolute Gasteiger partial charge is 0.487 e. The van der Waals surface area contributed by atoms with Crippen LogP contribution in [0.25, 0.3) is 0 Å². The van der Waals surface area contributed by atoms with Gasteiger partial charge in [-0.05, 0) is 5.56 Å². The van der Waals surface area contributed by atoms with E-state index in [1.165, 1.54) is 0 Å². The molecule has 1 amide bonds. The summed E-state index contributed by atoms with van der Waals surface area (Å²) in [6.07, 6.45) is 3.91. The molecule has 2 heterocycles. The molecule has 0 saturated carbocycles. The quantitative estimate of drug-likeness (QED) is 0.807. The lowest BCUT2D eigenvalue weighted by Gasteiger charge is -2.17. The van der Waals surface area contributed by atoms with Crippen molar-refractivity contribution in [2.45, 2.75) is 19.1 Å². The molecule has 0 N–H and O–H groups in total. The van der Waals surface area contributed by atoms with Crippen molar-refractivity contribution in [2.24, 2.45) is 0 Å². The number of aromatic nitrogens is 1. The van der Waals surface area contributed by atoms with Crippen LogP contribution in [0.2, 0.25) is 5.02 Å². The van der Waals surface area contributed by atoms with E-state index in [-0.39, 0.29) is 18.6 Å². The van der Waals surface area contributed by atoms with Crippen molar-refractivity contribution < 1.29 is 14.3 Å². The van der Waals surface area contributed by atoms with Crippen LogP contribution in [0, 0.1) is 0 Å². The van der Waals surface area contributed by atoms with Crippen LogP contribution in [0.5, 0.6) is 5.75 Å². The van der Waals surface area contributed by atoms with Gasteiger partial charge in [0.05, 0.1) is 13.2 Å². The van der Waals surface area contributed by atoms with Gasteiger partial charge in [-0.1, -0.05) is 41.9 Å². The van der Waals surface area contributed by atoms with Crippen molar-refractivity contribution in [3.63, 3.8) is 0 Å². The van der Waals surface area contributed by atoms with E-state index in [0.717, 1.165) is 12.0 Å². The molecule has 1 aromatic carbocycles. The lowest BCUT2D eigenvalue weighted by atomic mass is 10.2. The van der Waals surface area contributed by atoms with Crippen molar-refractivity contribution in [3.8, 4) is 5.75 Å². The third-order valence-corrected chi connectivity index (χ3v) is 4.15. The molecule has 0 spiro atoms. The fraction of sp³-hybridized carbons (Fsp3) is 0.333. The highest BCUT2D eigenvalue weighted by Gasteiger charge is 2.27. The zero-order valence-electron chi connectivity index (χ0n) is 13.2. The summed E-state index contributed by atoms with van der Waals surface area (Å²) in [6.45, 7) is 1.73. The summed E-state index contributed by atoms with van der Waals surface area (Å²) >= 11 is 6.04. The summed E-state index contributed by atoms with van der Waals surface area (Å²) in [5, 5.41) is 0.480. The number of likely N-dealkylation sites (tertiary alicyclic amines) is 1. The third-order valence-electron chi connectivity index (χ3n) is 3.86. The number of amides is 1. The van der Waals surface area contributed by atoms with E-state index in [9.17, 15) is 4.79 Å². The van der Waals surface area contributed by atoms with Gasteiger partial charge in [-0.3, -0.25) is 9.78 Å². The summed E-state index contributed by atoms with van der Waals surface area (Å²) in [7, 11) is 0. The van der Waals surface area contributed by atoms with Crippen LogP contribution >= 0.6 is 11.6 Å². The maximum absolute atomic E-state index is 12.2. The predicted molar refractivity (Wildman–Crippen MR) is 91.0 cm³/mol. The van der Waals surface area contributed by atoms with Gasteiger partial charge in [-0.15, -0.1) is 0 Å². The number of rotatable bonds is 6. The lowest BCUT2D eigenvalue weighted by molar-refractivity contribution is -0.135. The first-order valence-corrected chi connectivity index (χ1v) is 8.26. The minimum Gasteiger partial charge on any atom is -0.487 e. The Labute approximate surface area is 146 Å². The lowest BCUT2D eigenvalue weighted by Crippen LogP contribution is -2.33. The monoisotopic (exact) mass is 346 g/mol. The van der Waals surface area contributed by atoms with Gasteiger partial charge >= 0.3 is 0 Å². The van der Waals surface area contributed by atoms with E-state index in [2.05, 4.69) is 4.98 Å².